The number of unbranched alkanes of at least 4 members (excludes halogenated alkanes) is 1. The highest BCUT2D eigenvalue weighted by molar-refractivity contribution is 5.56. The molecule has 0 amide bonds. The first-order valence-corrected chi connectivity index (χ1v) is 3.01. The minimum absolute atomic E-state index is 0.764. The molecule has 0 aliphatic carbocycles. The third-order valence-electron chi connectivity index (χ3n) is 0.781. The molecule has 0 aromatic heterocycles. The summed E-state index contributed by atoms with van der Waals surface area (Å²) in [4.78, 5) is 4.04. The molecular formula is C7H13N. The van der Waals surface area contributed by atoms with Crippen LogP contribution in [0.2, 0.25) is 0 Å². The number of hydrogen-bond acceptors (Lipinski definition) is 1. The average molecular weight is 111 g/mol. The van der Waals surface area contributed by atoms with Gasteiger partial charge in [-0.3, -0.25) is 4.99 Å². The molecule has 0 fully saturated rings. The Hall–Kier alpha value is -0.590. The van der Waals surface area contributed by atoms with Gasteiger partial charge in [-0.25, -0.2) is 0 Å². The van der Waals surface area contributed by atoms with Crippen molar-refractivity contribution in [3.8, 4) is 0 Å². The Labute approximate surface area is 51.1 Å². The molecule has 0 aliphatic rings. The van der Waals surface area contributed by atoms with Gasteiger partial charge in [-0.05, 0) is 12.6 Å². The van der Waals surface area contributed by atoms with Gasteiger partial charge in [0.2, 0.25) is 0 Å². The van der Waals surface area contributed by atoms with E-state index in [0.29, 0.717) is 0 Å². The van der Waals surface area contributed by atoms with Crippen molar-refractivity contribution in [2.75, 3.05) is 6.54 Å². The molecule has 0 aromatic carbocycles. The van der Waals surface area contributed by atoms with Crippen molar-refractivity contribution < 1.29 is 0 Å². The van der Waals surface area contributed by atoms with Crippen molar-refractivity contribution in [1.82, 2.24) is 0 Å². The van der Waals surface area contributed by atoms with E-state index in [1.807, 2.05) is 6.21 Å². The summed E-state index contributed by atoms with van der Waals surface area (Å²) in [5.41, 5.74) is 0. The summed E-state index contributed by atoms with van der Waals surface area (Å²) >= 11 is 0. The van der Waals surface area contributed by atoms with Gasteiger partial charge in [0.25, 0.3) is 0 Å². The van der Waals surface area contributed by atoms with Gasteiger partial charge in [-0.2, -0.15) is 0 Å². The van der Waals surface area contributed by atoms with Crippen molar-refractivity contribution in [1.29, 1.82) is 0 Å². The average Bonchev–Trinajstić information content (AvgIpc) is 1.81. The van der Waals surface area contributed by atoms with Crippen molar-refractivity contribution in [2.45, 2.75) is 19.8 Å². The molecule has 0 spiro atoms. The third kappa shape index (κ3) is 5.41. The van der Waals surface area contributed by atoms with Crippen LogP contribution in [-0.4, -0.2) is 12.8 Å². The van der Waals surface area contributed by atoms with E-state index in [-0.39, 0.29) is 0 Å². The van der Waals surface area contributed by atoms with E-state index in [9.17, 15) is 0 Å². The highest BCUT2D eigenvalue weighted by atomic mass is 14.7. The number of hydrogen-bond donors (Lipinski definition) is 0. The van der Waals surface area contributed by atoms with E-state index in [4.69, 9.17) is 0 Å². The standard InChI is InChI=1S/C7H13N/c1-3-5-7-8-6-4-2/h4,7H,2-3,5-6H2,1H3. The molecule has 0 unspecified atom stereocenters. The molecule has 0 bridgehead atoms. The summed E-state index contributed by atoms with van der Waals surface area (Å²) < 4.78 is 0. The Morgan fingerprint density at radius 3 is 2.88 bits per heavy atom. The van der Waals surface area contributed by atoms with Crippen LogP contribution < -0.4 is 0 Å². The molecule has 0 saturated carbocycles. The number of rotatable bonds is 4. The maximum Gasteiger partial charge on any atom is 0.0563 e. The van der Waals surface area contributed by atoms with Gasteiger partial charge >= 0.3 is 0 Å². The Kier molecular flexibility index (Phi) is 5.94. The molecule has 0 aliphatic heterocycles. The number of nitrogens with zero attached hydrogens (tertiary/aromatic N) is 1. The summed E-state index contributed by atoms with van der Waals surface area (Å²) in [6, 6.07) is 0. The Bertz CT molecular complexity index is 74.5. The van der Waals surface area contributed by atoms with E-state index in [0.717, 1.165) is 13.0 Å². The molecule has 46 valence electrons. The summed E-state index contributed by atoms with van der Waals surface area (Å²) in [6.45, 7) is 6.45. The maximum atomic E-state index is 4.04. The Morgan fingerprint density at radius 2 is 2.38 bits per heavy atom. The van der Waals surface area contributed by atoms with Gasteiger partial charge < -0.3 is 0 Å². The zero-order valence-electron chi connectivity index (χ0n) is 5.43. The molecule has 0 atom stereocenters. The fourth-order valence-electron chi connectivity index (χ4n) is 0.369. The lowest BCUT2D eigenvalue weighted by molar-refractivity contribution is 1.00. The Balaban J connectivity index is 2.94. The molecule has 1 nitrogen and oxygen atoms in total. The van der Waals surface area contributed by atoms with Gasteiger partial charge in [0.15, 0.2) is 0 Å². The van der Waals surface area contributed by atoms with Crippen LogP contribution in [0.15, 0.2) is 17.6 Å². The molecule has 0 saturated heterocycles. The lowest BCUT2D eigenvalue weighted by atomic mass is 10.4. The van der Waals surface area contributed by atoms with Gasteiger partial charge in [-0.15, -0.1) is 6.58 Å². The minimum atomic E-state index is 0.764. The molecule has 0 N–H and O–H groups in total. The normalized spacial score (nSPS) is 10.1. The van der Waals surface area contributed by atoms with Gasteiger partial charge in [0.1, 0.15) is 0 Å². The monoisotopic (exact) mass is 111 g/mol. The third-order valence-corrected chi connectivity index (χ3v) is 0.781. The largest absolute Gasteiger partial charge is 0.293 e. The molecule has 1 heteroatoms. The second-order valence-electron chi connectivity index (χ2n) is 1.63. The van der Waals surface area contributed by atoms with Crippen LogP contribution in [0.25, 0.3) is 0 Å². The van der Waals surface area contributed by atoms with E-state index in [1.54, 1.807) is 6.08 Å². The first-order valence-electron chi connectivity index (χ1n) is 3.01. The summed E-state index contributed by atoms with van der Waals surface area (Å²) in [7, 11) is 0. The van der Waals surface area contributed by atoms with Crippen LogP contribution in [0, 0.1) is 0 Å². The molecule has 0 aromatic rings. The SMILES string of the molecule is C=CCN=CCCC. The highest BCUT2D eigenvalue weighted by Gasteiger charge is 1.70. The minimum Gasteiger partial charge on any atom is -0.293 e. The second kappa shape index (κ2) is 6.41. The zero-order chi connectivity index (χ0) is 6.24. The van der Waals surface area contributed by atoms with Crippen LogP contribution in [0.3, 0.4) is 0 Å². The van der Waals surface area contributed by atoms with Crippen LogP contribution >= 0.6 is 0 Å². The van der Waals surface area contributed by atoms with Crippen LogP contribution in [0.4, 0.5) is 0 Å². The predicted octanol–water partition coefficient (Wildman–Crippen LogP) is 2.04. The van der Waals surface area contributed by atoms with Crippen LogP contribution in [0.1, 0.15) is 19.8 Å². The van der Waals surface area contributed by atoms with Gasteiger partial charge in [0.05, 0.1) is 6.54 Å². The lowest BCUT2D eigenvalue weighted by Crippen LogP contribution is -1.74. The fourth-order valence-corrected chi connectivity index (χ4v) is 0.369. The number of aliphatic imine (C=N–C) groups is 1. The van der Waals surface area contributed by atoms with E-state index in [1.165, 1.54) is 6.42 Å². The highest BCUT2D eigenvalue weighted by Crippen LogP contribution is 1.80. The summed E-state index contributed by atoms with van der Waals surface area (Å²) in [6.07, 6.45) is 6.02. The first-order chi connectivity index (χ1) is 3.91. The first kappa shape index (κ1) is 7.41. The zero-order valence-corrected chi connectivity index (χ0v) is 5.43. The van der Waals surface area contributed by atoms with Crippen molar-refractivity contribution in [2.24, 2.45) is 4.99 Å². The smallest absolute Gasteiger partial charge is 0.0563 e. The van der Waals surface area contributed by atoms with Gasteiger partial charge in [0, 0.05) is 0 Å². The van der Waals surface area contributed by atoms with Crippen molar-refractivity contribution >= 4 is 6.21 Å². The Morgan fingerprint density at radius 1 is 1.62 bits per heavy atom. The van der Waals surface area contributed by atoms with Crippen molar-refractivity contribution in [3.05, 3.63) is 12.7 Å². The summed E-state index contributed by atoms with van der Waals surface area (Å²) in [5.74, 6) is 0. The van der Waals surface area contributed by atoms with E-state index in [2.05, 4.69) is 18.5 Å². The predicted molar refractivity (Wildman–Crippen MR) is 38.5 cm³/mol. The van der Waals surface area contributed by atoms with E-state index < -0.39 is 0 Å². The molecular weight excluding hydrogens is 98.1 g/mol. The molecule has 0 heterocycles. The molecule has 0 rings (SSSR count). The quantitative estimate of drug-likeness (QED) is 0.389. The topological polar surface area (TPSA) is 12.4 Å². The summed E-state index contributed by atoms with van der Waals surface area (Å²) in [5, 5.41) is 0. The maximum absolute atomic E-state index is 4.04. The van der Waals surface area contributed by atoms with Crippen LogP contribution in [0.5, 0.6) is 0 Å². The van der Waals surface area contributed by atoms with E-state index >= 15 is 0 Å². The van der Waals surface area contributed by atoms with Crippen LogP contribution in [-0.2, 0) is 0 Å². The fraction of sp³-hybridized carbons (Fsp3) is 0.571. The lowest BCUT2D eigenvalue weighted by Gasteiger charge is -1.81. The second-order valence-corrected chi connectivity index (χ2v) is 1.63. The molecule has 8 heavy (non-hydrogen) atoms. The van der Waals surface area contributed by atoms with Gasteiger partial charge in [-0.1, -0.05) is 19.4 Å². The van der Waals surface area contributed by atoms with Crippen molar-refractivity contribution in [3.63, 3.8) is 0 Å². The molecule has 0 radical (unpaired) electrons.